The SMILES string of the molecule is COc1ccc(Cl)cc1C(=O)Nc1ccc2c(c1)N(C(=O)c1ccco1)CC2. The van der Waals surface area contributed by atoms with Gasteiger partial charge in [0.15, 0.2) is 5.76 Å². The standard InChI is InChI=1S/C21H17ClN2O4/c1-27-18-7-5-14(22)11-16(18)20(25)23-15-6-4-13-8-9-24(17(13)12-15)21(26)19-3-2-10-28-19/h2-7,10-12H,8-9H2,1H3,(H,23,25). The van der Waals surface area contributed by atoms with Crippen LogP contribution in [0.5, 0.6) is 5.75 Å². The first-order valence-electron chi connectivity index (χ1n) is 8.70. The first kappa shape index (κ1) is 18.1. The summed E-state index contributed by atoms with van der Waals surface area (Å²) in [5.74, 6) is 0.161. The number of nitrogens with zero attached hydrogens (tertiary/aromatic N) is 1. The van der Waals surface area contributed by atoms with Crippen LogP contribution in [0.15, 0.2) is 59.2 Å². The van der Waals surface area contributed by atoms with E-state index in [0.29, 0.717) is 28.6 Å². The van der Waals surface area contributed by atoms with Crippen LogP contribution in [0, 0.1) is 0 Å². The third-order valence-electron chi connectivity index (χ3n) is 4.62. The summed E-state index contributed by atoms with van der Waals surface area (Å²) >= 11 is 6.01. The van der Waals surface area contributed by atoms with Gasteiger partial charge >= 0.3 is 0 Å². The molecule has 0 bridgehead atoms. The zero-order valence-corrected chi connectivity index (χ0v) is 15.8. The molecule has 2 amide bonds. The summed E-state index contributed by atoms with van der Waals surface area (Å²) in [4.78, 5) is 27.0. The lowest BCUT2D eigenvalue weighted by molar-refractivity contribution is 0.0962. The number of hydrogen-bond acceptors (Lipinski definition) is 4. The van der Waals surface area contributed by atoms with Crippen molar-refractivity contribution in [1.29, 1.82) is 0 Å². The predicted octanol–water partition coefficient (Wildman–Crippen LogP) is 4.40. The summed E-state index contributed by atoms with van der Waals surface area (Å²) in [6.45, 7) is 0.564. The first-order chi connectivity index (χ1) is 13.6. The van der Waals surface area contributed by atoms with E-state index in [2.05, 4.69) is 5.32 Å². The molecule has 1 aromatic heterocycles. The summed E-state index contributed by atoms with van der Waals surface area (Å²) in [7, 11) is 1.49. The molecule has 6 nitrogen and oxygen atoms in total. The Morgan fingerprint density at radius 3 is 2.79 bits per heavy atom. The van der Waals surface area contributed by atoms with Crippen molar-refractivity contribution in [1.82, 2.24) is 0 Å². The van der Waals surface area contributed by atoms with Gasteiger partial charge < -0.3 is 19.4 Å². The van der Waals surface area contributed by atoms with Crippen LogP contribution in [-0.2, 0) is 6.42 Å². The van der Waals surface area contributed by atoms with Crippen LogP contribution in [0.1, 0.15) is 26.5 Å². The van der Waals surface area contributed by atoms with Gasteiger partial charge in [0.05, 0.1) is 18.9 Å². The van der Waals surface area contributed by atoms with E-state index in [0.717, 1.165) is 17.7 Å². The number of nitrogens with one attached hydrogen (secondary N) is 1. The minimum absolute atomic E-state index is 0.205. The fraction of sp³-hybridized carbons (Fsp3) is 0.143. The van der Waals surface area contributed by atoms with Crippen LogP contribution in [0.25, 0.3) is 0 Å². The second-order valence-corrected chi connectivity index (χ2v) is 6.76. The van der Waals surface area contributed by atoms with Gasteiger partial charge in [0.2, 0.25) is 0 Å². The molecule has 0 saturated carbocycles. The monoisotopic (exact) mass is 396 g/mol. The van der Waals surface area contributed by atoms with E-state index < -0.39 is 0 Å². The van der Waals surface area contributed by atoms with Crippen molar-refractivity contribution in [3.05, 3.63) is 76.7 Å². The molecule has 3 aromatic rings. The molecule has 1 N–H and O–H groups in total. The highest BCUT2D eigenvalue weighted by Gasteiger charge is 2.27. The molecule has 0 radical (unpaired) electrons. The lowest BCUT2D eigenvalue weighted by Crippen LogP contribution is -2.28. The van der Waals surface area contributed by atoms with Crippen LogP contribution in [0.2, 0.25) is 5.02 Å². The number of fused-ring (bicyclic) bond motifs is 1. The number of carbonyl (C=O) groups is 2. The molecule has 0 aliphatic carbocycles. The van der Waals surface area contributed by atoms with Gasteiger partial charge in [-0.25, -0.2) is 0 Å². The van der Waals surface area contributed by atoms with Gasteiger partial charge in [0, 0.05) is 22.9 Å². The van der Waals surface area contributed by atoms with Crippen molar-refractivity contribution in [3.63, 3.8) is 0 Å². The van der Waals surface area contributed by atoms with Gasteiger partial charge in [-0.2, -0.15) is 0 Å². The molecule has 28 heavy (non-hydrogen) atoms. The quantitative estimate of drug-likeness (QED) is 0.709. The normalized spacial score (nSPS) is 12.6. The molecule has 0 saturated heterocycles. The smallest absolute Gasteiger partial charge is 0.293 e. The lowest BCUT2D eigenvalue weighted by atomic mass is 10.1. The number of furan rings is 1. The molecular weight excluding hydrogens is 380 g/mol. The molecule has 0 atom stereocenters. The molecule has 0 spiro atoms. The van der Waals surface area contributed by atoms with E-state index in [1.807, 2.05) is 12.1 Å². The van der Waals surface area contributed by atoms with Gasteiger partial charge in [0.25, 0.3) is 11.8 Å². The van der Waals surface area contributed by atoms with Crippen LogP contribution >= 0.6 is 11.6 Å². The Hall–Kier alpha value is -3.25. The number of amides is 2. The van der Waals surface area contributed by atoms with Gasteiger partial charge in [-0.15, -0.1) is 0 Å². The van der Waals surface area contributed by atoms with Crippen LogP contribution in [0.3, 0.4) is 0 Å². The molecule has 4 rings (SSSR count). The third-order valence-corrected chi connectivity index (χ3v) is 4.86. The number of benzene rings is 2. The maximum Gasteiger partial charge on any atom is 0.293 e. The van der Waals surface area contributed by atoms with Gasteiger partial charge in [-0.05, 0) is 54.4 Å². The van der Waals surface area contributed by atoms with E-state index in [1.165, 1.54) is 13.4 Å². The summed E-state index contributed by atoms with van der Waals surface area (Å²) < 4.78 is 10.5. The average molecular weight is 397 g/mol. The number of anilines is 2. The second kappa shape index (κ2) is 7.40. The molecule has 1 aliphatic heterocycles. The third kappa shape index (κ3) is 3.34. The summed E-state index contributed by atoms with van der Waals surface area (Å²) in [5.41, 5.74) is 2.71. The summed E-state index contributed by atoms with van der Waals surface area (Å²) in [6.07, 6.45) is 2.22. The van der Waals surface area contributed by atoms with Gasteiger partial charge in [-0.1, -0.05) is 17.7 Å². The van der Waals surface area contributed by atoms with E-state index in [9.17, 15) is 9.59 Å². The molecule has 0 fully saturated rings. The number of hydrogen-bond donors (Lipinski definition) is 1. The Balaban J connectivity index is 1.60. The first-order valence-corrected chi connectivity index (χ1v) is 9.08. The van der Waals surface area contributed by atoms with Crippen LogP contribution < -0.4 is 15.0 Å². The maximum atomic E-state index is 12.7. The number of carbonyl (C=O) groups excluding carboxylic acids is 2. The minimum Gasteiger partial charge on any atom is -0.496 e. The fourth-order valence-electron chi connectivity index (χ4n) is 3.26. The molecular formula is C21H17ClN2O4. The van der Waals surface area contributed by atoms with Gasteiger partial charge in [-0.3, -0.25) is 9.59 Å². The van der Waals surface area contributed by atoms with E-state index in [4.69, 9.17) is 20.8 Å². The van der Waals surface area contributed by atoms with Crippen molar-refractivity contribution in [2.24, 2.45) is 0 Å². The maximum absolute atomic E-state index is 12.7. The largest absolute Gasteiger partial charge is 0.496 e. The Morgan fingerprint density at radius 2 is 2.04 bits per heavy atom. The van der Waals surface area contributed by atoms with E-state index in [1.54, 1.807) is 41.3 Å². The number of halogens is 1. The summed E-state index contributed by atoms with van der Waals surface area (Å²) in [5, 5.41) is 3.29. The molecule has 142 valence electrons. The Kier molecular flexibility index (Phi) is 4.79. The van der Waals surface area contributed by atoms with Crippen LogP contribution in [0.4, 0.5) is 11.4 Å². The highest BCUT2D eigenvalue weighted by molar-refractivity contribution is 6.31. The summed E-state index contributed by atoms with van der Waals surface area (Å²) in [6, 6.07) is 13.7. The Labute approximate surface area is 166 Å². The predicted molar refractivity (Wildman–Crippen MR) is 106 cm³/mol. The van der Waals surface area contributed by atoms with Crippen molar-refractivity contribution in [3.8, 4) is 5.75 Å². The highest BCUT2D eigenvalue weighted by Crippen LogP contribution is 2.32. The van der Waals surface area contributed by atoms with Crippen LogP contribution in [-0.4, -0.2) is 25.5 Å². The van der Waals surface area contributed by atoms with Crippen molar-refractivity contribution in [2.75, 3.05) is 23.9 Å². The Morgan fingerprint density at radius 1 is 1.18 bits per heavy atom. The fourth-order valence-corrected chi connectivity index (χ4v) is 3.43. The minimum atomic E-state index is -0.346. The number of methoxy groups -OCH3 is 1. The average Bonchev–Trinajstić information content (AvgIpc) is 3.37. The number of ether oxygens (including phenoxy) is 1. The second-order valence-electron chi connectivity index (χ2n) is 6.33. The van der Waals surface area contributed by atoms with E-state index >= 15 is 0 Å². The van der Waals surface area contributed by atoms with Gasteiger partial charge in [0.1, 0.15) is 5.75 Å². The van der Waals surface area contributed by atoms with Crippen molar-refractivity contribution >= 4 is 34.8 Å². The van der Waals surface area contributed by atoms with Crippen molar-refractivity contribution in [2.45, 2.75) is 6.42 Å². The topological polar surface area (TPSA) is 71.8 Å². The molecule has 2 heterocycles. The zero-order chi connectivity index (χ0) is 19.7. The van der Waals surface area contributed by atoms with E-state index in [-0.39, 0.29) is 17.6 Å². The molecule has 0 unspecified atom stereocenters. The van der Waals surface area contributed by atoms with Crippen molar-refractivity contribution < 1.29 is 18.7 Å². The molecule has 2 aromatic carbocycles. The Bertz CT molecular complexity index is 1050. The highest BCUT2D eigenvalue weighted by atomic mass is 35.5. The lowest BCUT2D eigenvalue weighted by Gasteiger charge is -2.17. The zero-order valence-electron chi connectivity index (χ0n) is 15.1. The molecule has 7 heteroatoms. The molecule has 1 aliphatic rings. The number of rotatable bonds is 4.